The van der Waals surface area contributed by atoms with Gasteiger partial charge in [0.15, 0.2) is 6.29 Å². The smallest absolute Gasteiger partial charge is 0.317 e. The molecule has 1 aliphatic carbocycles. The zero-order chi connectivity index (χ0) is 27.0. The number of rotatable bonds is 12. The number of carbonyl (C=O) groups is 3. The van der Waals surface area contributed by atoms with E-state index in [4.69, 9.17) is 4.74 Å². The molecule has 1 amide bonds. The first kappa shape index (κ1) is 28.6. The topological polar surface area (TPSA) is 91.0 Å². The first-order valence-corrected chi connectivity index (χ1v) is 14.0. The fourth-order valence-corrected chi connectivity index (χ4v) is 4.94. The maximum Gasteiger partial charge on any atom is 0.317 e. The van der Waals surface area contributed by atoms with Crippen molar-refractivity contribution in [2.75, 3.05) is 42.1 Å². The van der Waals surface area contributed by atoms with Crippen molar-refractivity contribution in [2.45, 2.75) is 59.4 Å². The number of amides is 1. The molecule has 0 bridgehead atoms. The monoisotopic (exact) mass is 528 g/mol. The van der Waals surface area contributed by atoms with Crippen molar-refractivity contribution in [2.24, 2.45) is 5.41 Å². The van der Waals surface area contributed by atoms with Crippen LogP contribution in [0.5, 0.6) is 0 Å². The molecule has 0 atom stereocenters. The van der Waals surface area contributed by atoms with E-state index in [1.54, 1.807) is 19.1 Å². The van der Waals surface area contributed by atoms with Gasteiger partial charge in [-0.25, -0.2) is 0 Å². The van der Waals surface area contributed by atoms with Crippen molar-refractivity contribution in [3.05, 3.63) is 47.3 Å². The average molecular weight is 529 g/mol. The van der Waals surface area contributed by atoms with Crippen molar-refractivity contribution < 1.29 is 19.1 Å². The Kier molecular flexibility index (Phi) is 10.1. The Morgan fingerprint density at radius 2 is 1.89 bits per heavy atom. The summed E-state index contributed by atoms with van der Waals surface area (Å²) < 4.78 is 8.17. The van der Waals surface area contributed by atoms with Crippen molar-refractivity contribution in [3.63, 3.8) is 0 Å². The average Bonchev–Trinajstić information content (AvgIpc) is 3.64. The molecular weight excluding hydrogens is 488 g/mol. The first-order valence-electron chi connectivity index (χ1n) is 13.0. The highest BCUT2D eigenvalue weighted by Crippen LogP contribution is 2.54. The number of ether oxygens (including phenoxy) is 1. The molecule has 2 fully saturated rings. The Balaban J connectivity index is 1.78. The van der Waals surface area contributed by atoms with E-state index in [0.29, 0.717) is 29.9 Å². The van der Waals surface area contributed by atoms with Crippen molar-refractivity contribution in [1.29, 1.82) is 0 Å². The van der Waals surface area contributed by atoms with Crippen LogP contribution < -0.4 is 14.9 Å². The van der Waals surface area contributed by atoms with E-state index in [9.17, 15) is 14.4 Å². The van der Waals surface area contributed by atoms with Crippen LogP contribution in [0.1, 0.15) is 63.7 Å². The Morgan fingerprint density at radius 1 is 1.19 bits per heavy atom. The molecule has 1 aromatic rings. The molecule has 2 N–H and O–H groups in total. The Bertz CT molecular complexity index is 1040. The predicted octanol–water partition coefficient (Wildman–Crippen LogP) is 4.75. The van der Waals surface area contributed by atoms with E-state index in [0.717, 1.165) is 43.0 Å². The summed E-state index contributed by atoms with van der Waals surface area (Å²) in [5.41, 5.74) is 3.84. The lowest BCUT2D eigenvalue weighted by atomic mass is 9.93. The normalized spacial score (nSPS) is 17.0. The second-order valence-corrected chi connectivity index (χ2v) is 10.9. The predicted molar refractivity (Wildman–Crippen MR) is 151 cm³/mol. The molecule has 1 saturated carbocycles. The summed E-state index contributed by atoms with van der Waals surface area (Å²) in [5, 5.41) is 2.78. The van der Waals surface area contributed by atoms with Gasteiger partial charge >= 0.3 is 5.97 Å². The number of hydrogen-bond donors (Lipinski definition) is 2. The largest absolute Gasteiger partial charge is 0.465 e. The molecule has 1 saturated heterocycles. The molecule has 0 radical (unpaired) electrons. The van der Waals surface area contributed by atoms with Crippen LogP contribution in [0.15, 0.2) is 41.7 Å². The van der Waals surface area contributed by atoms with Crippen LogP contribution in [0.4, 0.5) is 11.4 Å². The van der Waals surface area contributed by atoms with Gasteiger partial charge in [-0.2, -0.15) is 0 Å². The van der Waals surface area contributed by atoms with Crippen molar-refractivity contribution >= 4 is 41.5 Å². The Morgan fingerprint density at radius 3 is 2.49 bits per heavy atom. The minimum absolute atomic E-state index is 0.185. The van der Waals surface area contributed by atoms with Crippen LogP contribution >= 0.6 is 11.9 Å². The zero-order valence-electron chi connectivity index (χ0n) is 22.6. The second-order valence-electron chi connectivity index (χ2n) is 10.1. The zero-order valence-corrected chi connectivity index (χ0v) is 23.5. The highest BCUT2D eigenvalue weighted by Gasteiger charge is 2.44. The number of nitrogens with one attached hydrogen (secondary N) is 2. The van der Waals surface area contributed by atoms with Gasteiger partial charge < -0.3 is 24.6 Å². The molecule has 202 valence electrons. The van der Waals surface area contributed by atoms with E-state index >= 15 is 0 Å². The summed E-state index contributed by atoms with van der Waals surface area (Å²) >= 11 is 1.25. The number of piperidine rings is 1. The number of aldehydes is 1. The Hall–Kier alpha value is -2.94. The number of benzene rings is 1. The van der Waals surface area contributed by atoms with Gasteiger partial charge in [-0.15, -0.1) is 0 Å². The van der Waals surface area contributed by atoms with Gasteiger partial charge in [0.1, 0.15) is 5.75 Å². The van der Waals surface area contributed by atoms with Gasteiger partial charge in [-0.05, 0) is 101 Å². The molecule has 0 aromatic heterocycles. The summed E-state index contributed by atoms with van der Waals surface area (Å²) in [7, 11) is 1.99. The number of allylic oxidation sites excluding steroid dienone is 4. The number of anilines is 2. The van der Waals surface area contributed by atoms with Gasteiger partial charge in [0, 0.05) is 37.6 Å². The third kappa shape index (κ3) is 8.02. The number of hydrogen-bond acceptors (Lipinski definition) is 8. The van der Waals surface area contributed by atoms with Crippen LogP contribution in [0.25, 0.3) is 0 Å². The molecule has 2 aliphatic rings. The lowest BCUT2D eigenvalue weighted by Gasteiger charge is -2.35. The highest BCUT2D eigenvalue weighted by atomic mass is 32.2. The maximum absolute atomic E-state index is 13.3. The van der Waals surface area contributed by atoms with Crippen LogP contribution in [-0.2, 0) is 14.3 Å². The molecule has 1 aromatic carbocycles. The summed E-state index contributed by atoms with van der Waals surface area (Å²) in [6, 6.07) is 5.86. The molecular formula is C28H40N4O4S. The standard InChI is InChI=1S/C28H40N4O4S/c1-6-36-26(34)19-37-30-22-9-10-24(25(17-22)32-15-13-28(11-12-28)14-16-32)27(35)29-23(18-33)8-7-21(4)31(5)20(2)3/h7-10,17-18,20,30H,6,11-16,19H2,1-5H3,(H,29,35)/b21-7-,23-8+. The van der Waals surface area contributed by atoms with Gasteiger partial charge in [0.2, 0.25) is 0 Å². The molecule has 1 spiro atoms. The summed E-state index contributed by atoms with van der Waals surface area (Å²) in [4.78, 5) is 41.1. The summed E-state index contributed by atoms with van der Waals surface area (Å²) in [6.07, 6.45) is 8.97. The fourth-order valence-electron chi connectivity index (χ4n) is 4.37. The van der Waals surface area contributed by atoms with E-state index in [1.807, 2.05) is 32.2 Å². The summed E-state index contributed by atoms with van der Waals surface area (Å²) in [5.74, 6) is -0.419. The Labute approximate surface area is 225 Å². The fraction of sp³-hybridized carbons (Fsp3) is 0.536. The van der Waals surface area contributed by atoms with E-state index in [-0.39, 0.29) is 23.3 Å². The minimum Gasteiger partial charge on any atom is -0.465 e. The van der Waals surface area contributed by atoms with Gasteiger partial charge in [0.05, 0.1) is 23.6 Å². The SMILES string of the molecule is CCOC(=O)CSNc1ccc(C(=O)N/C(C=O)=C/C=C(/C)N(C)C(C)C)c(N2CCC3(CC2)CC3)c1. The van der Waals surface area contributed by atoms with Crippen molar-refractivity contribution in [1.82, 2.24) is 10.2 Å². The van der Waals surface area contributed by atoms with E-state index in [2.05, 4.69) is 33.7 Å². The molecule has 8 nitrogen and oxygen atoms in total. The third-order valence-corrected chi connectivity index (χ3v) is 8.03. The van der Waals surface area contributed by atoms with Gasteiger partial charge in [-0.3, -0.25) is 14.4 Å². The number of nitrogens with zero attached hydrogens (tertiary/aromatic N) is 2. The van der Waals surface area contributed by atoms with Crippen LogP contribution in [-0.4, -0.2) is 61.6 Å². The van der Waals surface area contributed by atoms with Crippen LogP contribution in [0.3, 0.4) is 0 Å². The third-order valence-electron chi connectivity index (χ3n) is 7.27. The van der Waals surface area contributed by atoms with E-state index < -0.39 is 0 Å². The molecule has 0 unspecified atom stereocenters. The number of carbonyl (C=O) groups excluding carboxylic acids is 3. The number of esters is 1. The second kappa shape index (κ2) is 13.0. The quantitative estimate of drug-likeness (QED) is 0.132. The minimum atomic E-state index is -0.325. The van der Waals surface area contributed by atoms with Gasteiger partial charge in [-0.1, -0.05) is 0 Å². The maximum atomic E-state index is 13.3. The van der Waals surface area contributed by atoms with Crippen molar-refractivity contribution in [3.8, 4) is 0 Å². The van der Waals surface area contributed by atoms with Crippen LogP contribution in [0, 0.1) is 5.41 Å². The van der Waals surface area contributed by atoms with Gasteiger partial charge in [0.25, 0.3) is 5.91 Å². The molecule has 37 heavy (non-hydrogen) atoms. The first-order chi connectivity index (χ1) is 17.7. The van der Waals surface area contributed by atoms with Crippen LogP contribution in [0.2, 0.25) is 0 Å². The molecule has 9 heteroatoms. The lowest BCUT2D eigenvalue weighted by Crippen LogP contribution is -2.36. The molecule has 1 heterocycles. The highest BCUT2D eigenvalue weighted by molar-refractivity contribution is 8.01. The summed E-state index contributed by atoms with van der Waals surface area (Å²) in [6.45, 7) is 10.1. The molecule has 3 rings (SSSR count). The lowest BCUT2D eigenvalue weighted by molar-refractivity contribution is -0.139. The molecule has 1 aliphatic heterocycles. The van der Waals surface area contributed by atoms with E-state index in [1.165, 1.54) is 24.8 Å².